The van der Waals surface area contributed by atoms with Gasteiger partial charge in [0.25, 0.3) is 0 Å². The van der Waals surface area contributed by atoms with E-state index in [1.54, 1.807) is 29.3 Å². The second-order valence-corrected chi connectivity index (χ2v) is 9.59. The summed E-state index contributed by atoms with van der Waals surface area (Å²) in [5.41, 5.74) is 1.30. The number of anilines is 1. The minimum absolute atomic E-state index is 0.0105. The molecule has 0 aliphatic carbocycles. The molecular formula is C25H20BrClF3N3O. The maximum absolute atomic E-state index is 13.1. The van der Waals surface area contributed by atoms with Crippen molar-refractivity contribution in [3.8, 4) is 0 Å². The van der Waals surface area contributed by atoms with Crippen molar-refractivity contribution in [3.05, 3.63) is 99.0 Å². The van der Waals surface area contributed by atoms with Crippen LogP contribution in [0.25, 0.3) is 0 Å². The normalized spacial score (nSPS) is 18.1. The topological polar surface area (TPSA) is 44.7 Å². The van der Waals surface area contributed by atoms with E-state index in [9.17, 15) is 18.0 Å². The Balaban J connectivity index is 1.62. The van der Waals surface area contributed by atoms with Crippen molar-refractivity contribution in [2.75, 3.05) is 18.4 Å². The number of alkyl halides is 3. The Kier molecular flexibility index (Phi) is 6.73. The highest BCUT2D eigenvalue weighted by Gasteiger charge is 2.42. The van der Waals surface area contributed by atoms with Gasteiger partial charge in [-0.15, -0.1) is 0 Å². The maximum Gasteiger partial charge on any atom is 0.416 e. The fourth-order valence-corrected chi connectivity index (χ4v) is 4.35. The smallest absolute Gasteiger partial charge is 0.324 e. The van der Waals surface area contributed by atoms with E-state index in [1.807, 2.05) is 31.2 Å². The third kappa shape index (κ3) is 5.28. The first kappa shape index (κ1) is 24.3. The van der Waals surface area contributed by atoms with Gasteiger partial charge in [-0.2, -0.15) is 18.3 Å². The van der Waals surface area contributed by atoms with Gasteiger partial charge in [-0.3, -0.25) is 9.80 Å². The van der Waals surface area contributed by atoms with Crippen molar-refractivity contribution in [1.29, 1.82) is 0 Å². The molecule has 1 aliphatic rings. The van der Waals surface area contributed by atoms with E-state index in [-0.39, 0.29) is 12.5 Å². The molecule has 1 amide bonds. The summed E-state index contributed by atoms with van der Waals surface area (Å²) in [6.07, 6.45) is -4.42. The van der Waals surface area contributed by atoms with Gasteiger partial charge in [-0.05, 0) is 66.6 Å². The summed E-state index contributed by atoms with van der Waals surface area (Å²) in [5, 5.41) is 9.73. The van der Waals surface area contributed by atoms with Crippen LogP contribution in [-0.2, 0) is 16.4 Å². The molecule has 1 N–H and O–H groups in total. The van der Waals surface area contributed by atoms with Crippen LogP contribution in [0.4, 0.5) is 18.9 Å². The number of carbonyl (C=O) groups is 1. The average molecular weight is 551 g/mol. The minimum atomic E-state index is -4.42. The maximum atomic E-state index is 13.1. The van der Waals surface area contributed by atoms with E-state index in [1.165, 1.54) is 12.1 Å². The number of nitrogens with one attached hydrogen (secondary N) is 1. The lowest BCUT2D eigenvalue weighted by atomic mass is 9.76. The van der Waals surface area contributed by atoms with Crippen LogP contribution >= 0.6 is 27.5 Å². The fraction of sp³-hybridized carbons (Fsp3) is 0.200. The minimum Gasteiger partial charge on any atom is -0.324 e. The van der Waals surface area contributed by atoms with Crippen LogP contribution in [0.2, 0.25) is 5.02 Å². The SMILES string of the molecule is CC1(c2ccc(C(F)(F)F)cc2)CN(CC(=O)Nc2ccc(Br)cc2)N=C1c1ccc(Cl)cc1. The highest BCUT2D eigenvalue weighted by atomic mass is 79.9. The lowest BCUT2D eigenvalue weighted by Gasteiger charge is -2.28. The van der Waals surface area contributed by atoms with Gasteiger partial charge in [0, 0.05) is 15.2 Å². The molecule has 4 nitrogen and oxygen atoms in total. The van der Waals surface area contributed by atoms with Crippen LogP contribution in [0.15, 0.2) is 82.4 Å². The Morgan fingerprint density at radius 1 is 1.06 bits per heavy atom. The molecule has 1 unspecified atom stereocenters. The average Bonchev–Trinajstić information content (AvgIpc) is 3.12. The van der Waals surface area contributed by atoms with Crippen LogP contribution in [0.1, 0.15) is 23.6 Å². The first-order chi connectivity index (χ1) is 16.0. The summed E-state index contributed by atoms with van der Waals surface area (Å²) < 4.78 is 40.2. The molecule has 176 valence electrons. The molecule has 0 fully saturated rings. The van der Waals surface area contributed by atoms with Gasteiger partial charge < -0.3 is 5.32 Å². The Morgan fingerprint density at radius 3 is 2.26 bits per heavy atom. The first-order valence-electron chi connectivity index (χ1n) is 10.4. The fourth-order valence-electron chi connectivity index (χ4n) is 3.96. The second kappa shape index (κ2) is 9.43. The highest BCUT2D eigenvalue weighted by Crippen LogP contribution is 2.37. The van der Waals surface area contributed by atoms with E-state index >= 15 is 0 Å². The van der Waals surface area contributed by atoms with Gasteiger partial charge in [0.05, 0.1) is 23.2 Å². The molecule has 0 radical (unpaired) electrons. The zero-order chi connectivity index (χ0) is 24.5. The number of rotatable bonds is 5. The molecule has 9 heteroatoms. The second-order valence-electron chi connectivity index (χ2n) is 8.24. The standard InChI is InChI=1S/C25H20BrClF3N3O/c1-24(17-4-6-18(7-5-17)25(28,29)30)15-33(32-23(24)16-2-10-20(27)11-3-16)14-22(34)31-21-12-8-19(26)9-13-21/h2-13H,14-15H2,1H3,(H,31,34). The van der Waals surface area contributed by atoms with Gasteiger partial charge in [0.15, 0.2) is 0 Å². The van der Waals surface area contributed by atoms with Crippen molar-refractivity contribution in [3.63, 3.8) is 0 Å². The Bertz CT molecular complexity index is 1210. The molecule has 34 heavy (non-hydrogen) atoms. The van der Waals surface area contributed by atoms with Gasteiger partial charge in [0.1, 0.15) is 6.54 Å². The number of benzene rings is 3. The third-order valence-electron chi connectivity index (χ3n) is 5.68. The van der Waals surface area contributed by atoms with Crippen LogP contribution in [-0.4, -0.2) is 29.7 Å². The predicted molar refractivity (Wildman–Crippen MR) is 131 cm³/mol. The van der Waals surface area contributed by atoms with E-state index in [4.69, 9.17) is 16.7 Å². The van der Waals surface area contributed by atoms with Crippen LogP contribution in [0.5, 0.6) is 0 Å². The zero-order valence-electron chi connectivity index (χ0n) is 18.0. The van der Waals surface area contributed by atoms with E-state index in [0.717, 1.165) is 22.2 Å². The number of hydrazone groups is 1. The number of hydrogen-bond donors (Lipinski definition) is 1. The molecule has 3 aromatic carbocycles. The molecule has 4 rings (SSSR count). The van der Waals surface area contributed by atoms with E-state index in [0.29, 0.717) is 28.5 Å². The van der Waals surface area contributed by atoms with Crippen LogP contribution in [0.3, 0.4) is 0 Å². The van der Waals surface area contributed by atoms with Crippen molar-refractivity contribution >= 4 is 44.8 Å². The van der Waals surface area contributed by atoms with Gasteiger partial charge >= 0.3 is 6.18 Å². The lowest BCUT2D eigenvalue weighted by Crippen LogP contribution is -2.38. The molecule has 1 heterocycles. The van der Waals surface area contributed by atoms with Gasteiger partial charge in [-0.25, -0.2) is 0 Å². The predicted octanol–water partition coefficient (Wildman–Crippen LogP) is 6.74. The largest absolute Gasteiger partial charge is 0.416 e. The quantitative estimate of drug-likeness (QED) is 0.383. The number of nitrogens with zero attached hydrogens (tertiary/aromatic N) is 2. The molecule has 0 saturated carbocycles. The summed E-state index contributed by atoms with van der Waals surface area (Å²) in [7, 11) is 0. The molecule has 0 saturated heterocycles. The third-order valence-corrected chi connectivity index (χ3v) is 6.46. The first-order valence-corrected chi connectivity index (χ1v) is 11.5. The number of carbonyl (C=O) groups excluding carboxylic acids is 1. The van der Waals surface area contributed by atoms with Crippen molar-refractivity contribution in [2.24, 2.45) is 5.10 Å². The molecule has 1 atom stereocenters. The summed E-state index contributed by atoms with van der Waals surface area (Å²) in [4.78, 5) is 12.7. The van der Waals surface area contributed by atoms with Crippen molar-refractivity contribution in [2.45, 2.75) is 18.5 Å². The number of halogens is 5. The summed E-state index contributed by atoms with van der Waals surface area (Å²) in [6.45, 7) is 2.23. The molecule has 3 aromatic rings. The summed E-state index contributed by atoms with van der Waals surface area (Å²) >= 11 is 9.39. The number of hydrogen-bond acceptors (Lipinski definition) is 3. The van der Waals surface area contributed by atoms with E-state index in [2.05, 4.69) is 21.2 Å². The monoisotopic (exact) mass is 549 g/mol. The zero-order valence-corrected chi connectivity index (χ0v) is 20.4. The van der Waals surface area contributed by atoms with Crippen LogP contribution < -0.4 is 5.32 Å². The van der Waals surface area contributed by atoms with Gasteiger partial charge in [-0.1, -0.05) is 51.8 Å². The lowest BCUT2D eigenvalue weighted by molar-refractivity contribution is -0.137. The Labute approximate surface area is 208 Å². The van der Waals surface area contributed by atoms with E-state index < -0.39 is 17.2 Å². The molecule has 0 bridgehead atoms. The molecule has 0 spiro atoms. The molecule has 1 aliphatic heterocycles. The van der Waals surface area contributed by atoms with Crippen molar-refractivity contribution < 1.29 is 18.0 Å². The number of amides is 1. The van der Waals surface area contributed by atoms with Crippen molar-refractivity contribution in [1.82, 2.24) is 5.01 Å². The Morgan fingerprint density at radius 2 is 1.68 bits per heavy atom. The molecular weight excluding hydrogens is 531 g/mol. The van der Waals surface area contributed by atoms with Gasteiger partial charge in [0.2, 0.25) is 5.91 Å². The molecule has 0 aromatic heterocycles. The van der Waals surface area contributed by atoms with Crippen LogP contribution in [0, 0.1) is 0 Å². The Hall–Kier alpha value is -2.84. The summed E-state index contributed by atoms with van der Waals surface area (Å²) in [5.74, 6) is -0.252. The summed E-state index contributed by atoms with van der Waals surface area (Å²) in [6, 6.07) is 19.4. The highest BCUT2D eigenvalue weighted by molar-refractivity contribution is 9.10.